The number of carboxylic acid groups (broad SMARTS) is 2. The maximum atomic E-state index is 13.6. The maximum absolute atomic E-state index is 13.6. The summed E-state index contributed by atoms with van der Waals surface area (Å²) in [6.07, 6.45) is 3.50. The van der Waals surface area contributed by atoms with Gasteiger partial charge in [0.15, 0.2) is 0 Å². The SMILES string of the molecule is CC(C)c1ncc(C(=O)NCCC(=O)O)cc1F.CC(C)c1ncc(C(=O)NCCS(=O)(=O)O)cc1F.CC(C)c1ncc(C(=O)O)cc1F. The lowest BCUT2D eigenvalue weighted by atomic mass is 10.1. The highest BCUT2D eigenvalue weighted by atomic mass is 32.2. The predicted octanol–water partition coefficient (Wildman–Crippen LogP) is 4.55. The van der Waals surface area contributed by atoms with Gasteiger partial charge in [0.1, 0.15) is 17.5 Å². The van der Waals surface area contributed by atoms with Crippen molar-refractivity contribution in [2.45, 2.75) is 65.7 Å². The van der Waals surface area contributed by atoms with Gasteiger partial charge in [0.2, 0.25) is 0 Å². The molecule has 5 N–H and O–H groups in total. The number of amides is 2. The first-order valence-corrected chi connectivity index (χ1v) is 16.7. The van der Waals surface area contributed by atoms with Crippen LogP contribution in [0.3, 0.4) is 0 Å². The van der Waals surface area contributed by atoms with Crippen molar-refractivity contribution >= 4 is 33.9 Å². The van der Waals surface area contributed by atoms with Crippen molar-refractivity contribution in [1.29, 1.82) is 0 Å². The number of carbonyl (C=O) groups excluding carboxylic acids is 2. The third-order valence-corrected chi connectivity index (χ3v) is 7.01. The van der Waals surface area contributed by atoms with Crippen LogP contribution in [0.5, 0.6) is 0 Å². The Labute approximate surface area is 287 Å². The van der Waals surface area contributed by atoms with Crippen LogP contribution in [0, 0.1) is 17.5 Å². The number of carboxylic acids is 2. The zero-order chi connectivity index (χ0) is 38.3. The van der Waals surface area contributed by atoms with Gasteiger partial charge in [0.25, 0.3) is 21.9 Å². The normalized spacial score (nSPS) is 10.9. The number of aromatic nitrogens is 3. The molecule has 3 rings (SSSR count). The van der Waals surface area contributed by atoms with Gasteiger partial charge in [-0.1, -0.05) is 41.5 Å². The zero-order valence-corrected chi connectivity index (χ0v) is 29.0. The summed E-state index contributed by atoms with van der Waals surface area (Å²) >= 11 is 0. The Morgan fingerprint density at radius 3 is 1.30 bits per heavy atom. The summed E-state index contributed by atoms with van der Waals surface area (Å²) in [5.74, 6) is -5.82. The molecule has 274 valence electrons. The van der Waals surface area contributed by atoms with Gasteiger partial charge in [-0.2, -0.15) is 8.42 Å². The van der Waals surface area contributed by atoms with Crippen LogP contribution >= 0.6 is 0 Å². The van der Waals surface area contributed by atoms with Gasteiger partial charge >= 0.3 is 11.9 Å². The summed E-state index contributed by atoms with van der Waals surface area (Å²) < 4.78 is 69.7. The van der Waals surface area contributed by atoms with Crippen molar-refractivity contribution in [2.24, 2.45) is 0 Å². The van der Waals surface area contributed by atoms with Crippen LogP contribution in [0.2, 0.25) is 0 Å². The second-order valence-corrected chi connectivity index (χ2v) is 13.1. The molecule has 0 aliphatic carbocycles. The summed E-state index contributed by atoms with van der Waals surface area (Å²) in [5, 5.41) is 21.6. The minimum absolute atomic E-state index is 0.00170. The Morgan fingerprint density at radius 2 is 1.00 bits per heavy atom. The van der Waals surface area contributed by atoms with Gasteiger partial charge in [-0.25, -0.2) is 18.0 Å². The lowest BCUT2D eigenvalue weighted by Gasteiger charge is -2.08. The molecule has 0 bridgehead atoms. The minimum Gasteiger partial charge on any atom is -0.481 e. The van der Waals surface area contributed by atoms with E-state index in [9.17, 15) is 40.8 Å². The average molecular weight is 728 g/mol. The Hall–Kier alpha value is -4.97. The number of carbonyl (C=O) groups is 4. The minimum atomic E-state index is -4.13. The van der Waals surface area contributed by atoms with E-state index in [0.717, 1.165) is 18.2 Å². The molecular weight excluding hydrogens is 687 g/mol. The smallest absolute Gasteiger partial charge is 0.337 e. The third kappa shape index (κ3) is 15.1. The molecule has 2 amide bonds. The van der Waals surface area contributed by atoms with E-state index in [1.165, 1.54) is 18.6 Å². The summed E-state index contributed by atoms with van der Waals surface area (Å²) in [4.78, 5) is 55.3. The van der Waals surface area contributed by atoms with Gasteiger partial charge < -0.3 is 20.8 Å². The van der Waals surface area contributed by atoms with Crippen molar-refractivity contribution in [2.75, 3.05) is 18.8 Å². The molecule has 0 unspecified atom stereocenters. The fourth-order valence-electron chi connectivity index (χ4n) is 3.77. The number of halogens is 3. The van der Waals surface area contributed by atoms with Gasteiger partial charge in [0, 0.05) is 31.7 Å². The zero-order valence-electron chi connectivity index (χ0n) is 28.2. The van der Waals surface area contributed by atoms with E-state index in [4.69, 9.17) is 14.8 Å². The Bertz CT molecular complexity index is 1770. The van der Waals surface area contributed by atoms with Gasteiger partial charge in [-0.15, -0.1) is 0 Å². The molecule has 0 atom stereocenters. The van der Waals surface area contributed by atoms with Crippen LogP contribution in [-0.2, 0) is 14.9 Å². The molecule has 50 heavy (non-hydrogen) atoms. The molecule has 0 aliphatic heterocycles. The van der Waals surface area contributed by atoms with Crippen molar-refractivity contribution in [3.8, 4) is 0 Å². The lowest BCUT2D eigenvalue weighted by Crippen LogP contribution is -2.29. The van der Waals surface area contributed by atoms with Gasteiger partial charge in [-0.05, 0) is 36.0 Å². The molecule has 18 heteroatoms. The summed E-state index contributed by atoms with van der Waals surface area (Å²) in [5.41, 5.74) is 0.818. The molecule has 0 spiro atoms. The molecule has 0 saturated carbocycles. The molecule has 3 aromatic heterocycles. The maximum Gasteiger partial charge on any atom is 0.337 e. The van der Waals surface area contributed by atoms with Crippen LogP contribution in [0.4, 0.5) is 13.2 Å². The fourth-order valence-corrected chi connectivity index (χ4v) is 4.13. The standard InChI is InChI=1S/C12H15FN2O3.C11H15FN2O4S.C9H10FNO2/c1-7(2)11-9(13)5-8(6-15-11)12(18)14-4-3-10(16)17;1-7(2)10-9(12)5-8(6-14-10)11(15)13-3-4-19(16,17)18;1-5(2)8-7(10)3-6(4-11-8)9(12)13/h5-7H,3-4H2,1-2H3,(H,14,18)(H,16,17);5-7H,3-4H2,1-2H3,(H,13,15)(H,16,17,18);3-5H,1-2H3,(H,12,13). The largest absolute Gasteiger partial charge is 0.481 e. The van der Waals surface area contributed by atoms with E-state index in [2.05, 4.69) is 25.6 Å². The number of nitrogens with zero attached hydrogens (tertiary/aromatic N) is 3. The molecular formula is C32H40F3N5O9S. The second-order valence-electron chi connectivity index (χ2n) is 11.5. The summed E-state index contributed by atoms with van der Waals surface area (Å²) in [6, 6.07) is 3.15. The molecule has 3 heterocycles. The number of pyridine rings is 3. The summed E-state index contributed by atoms with van der Waals surface area (Å²) in [7, 11) is -4.13. The Morgan fingerprint density at radius 1 is 0.660 bits per heavy atom. The topological polar surface area (TPSA) is 226 Å². The molecule has 0 saturated heterocycles. The quantitative estimate of drug-likeness (QED) is 0.162. The first kappa shape index (κ1) is 43.1. The number of nitrogens with one attached hydrogen (secondary N) is 2. The third-order valence-electron chi connectivity index (χ3n) is 6.29. The highest BCUT2D eigenvalue weighted by Crippen LogP contribution is 2.18. The second kappa shape index (κ2) is 19.9. The Balaban J connectivity index is 0.000000382. The van der Waals surface area contributed by atoms with Crippen molar-refractivity contribution in [1.82, 2.24) is 25.6 Å². The van der Waals surface area contributed by atoms with Crippen molar-refractivity contribution < 1.29 is 55.5 Å². The Kier molecular flexibility index (Phi) is 17.1. The van der Waals surface area contributed by atoms with E-state index in [1.807, 2.05) is 0 Å². The number of hydrogen-bond acceptors (Lipinski definition) is 9. The van der Waals surface area contributed by atoms with Crippen LogP contribution in [0.15, 0.2) is 36.8 Å². The van der Waals surface area contributed by atoms with Crippen LogP contribution in [0.25, 0.3) is 0 Å². The van der Waals surface area contributed by atoms with Crippen molar-refractivity contribution in [3.05, 3.63) is 88.0 Å². The lowest BCUT2D eigenvalue weighted by molar-refractivity contribution is -0.136. The van der Waals surface area contributed by atoms with Gasteiger partial charge in [-0.3, -0.25) is 33.9 Å². The highest BCUT2D eigenvalue weighted by molar-refractivity contribution is 7.85. The van der Waals surface area contributed by atoms with E-state index < -0.39 is 57.1 Å². The van der Waals surface area contributed by atoms with E-state index in [-0.39, 0.29) is 59.6 Å². The number of rotatable bonds is 12. The molecule has 0 aromatic carbocycles. The van der Waals surface area contributed by atoms with Gasteiger partial charge in [0.05, 0.1) is 45.9 Å². The summed E-state index contributed by atoms with van der Waals surface area (Å²) in [6.45, 7) is 10.5. The van der Waals surface area contributed by atoms with Crippen LogP contribution in [-0.4, -0.2) is 80.7 Å². The highest BCUT2D eigenvalue weighted by Gasteiger charge is 2.15. The molecule has 14 nitrogen and oxygen atoms in total. The van der Waals surface area contributed by atoms with E-state index in [0.29, 0.717) is 11.4 Å². The predicted molar refractivity (Wildman–Crippen MR) is 175 cm³/mol. The van der Waals surface area contributed by atoms with Crippen LogP contribution in [0.1, 0.15) is 114 Å². The molecule has 3 aromatic rings. The monoisotopic (exact) mass is 727 g/mol. The van der Waals surface area contributed by atoms with E-state index in [1.54, 1.807) is 41.5 Å². The molecule has 0 fully saturated rings. The van der Waals surface area contributed by atoms with Crippen LogP contribution < -0.4 is 10.6 Å². The van der Waals surface area contributed by atoms with E-state index >= 15 is 0 Å². The first-order chi connectivity index (χ1) is 23.1. The number of hydrogen-bond donors (Lipinski definition) is 5. The van der Waals surface area contributed by atoms with Crippen molar-refractivity contribution in [3.63, 3.8) is 0 Å². The first-order valence-electron chi connectivity index (χ1n) is 15.1. The molecule has 0 radical (unpaired) electrons. The fraction of sp³-hybridized carbons (Fsp3) is 0.406. The number of aromatic carboxylic acids is 1. The molecule has 0 aliphatic rings. The number of aliphatic carboxylic acids is 1. The average Bonchev–Trinajstić information content (AvgIpc) is 3.00.